The van der Waals surface area contributed by atoms with Gasteiger partial charge in [-0.05, 0) is 53.9 Å². The first-order valence-electron chi connectivity index (χ1n) is 12.0. The van der Waals surface area contributed by atoms with Crippen molar-refractivity contribution in [1.82, 2.24) is 10.0 Å². The fourth-order valence-corrected chi connectivity index (χ4v) is 5.43. The van der Waals surface area contributed by atoms with E-state index in [4.69, 9.17) is 0 Å². The van der Waals surface area contributed by atoms with Gasteiger partial charge in [0.2, 0.25) is 5.91 Å². The Morgan fingerprint density at radius 2 is 1.49 bits per heavy atom. The predicted octanol–water partition coefficient (Wildman–Crippen LogP) is 4.80. The maximum atomic E-state index is 13.8. The Bertz CT molecular complexity index is 1520. The number of aryl methyl sites for hydroxylation is 1. The van der Waals surface area contributed by atoms with E-state index >= 15 is 0 Å². The van der Waals surface area contributed by atoms with Crippen molar-refractivity contribution in [3.8, 4) is 0 Å². The summed E-state index contributed by atoms with van der Waals surface area (Å²) in [4.78, 5) is 28.3. The fourth-order valence-electron chi connectivity index (χ4n) is 4.27. The standard InChI is InChI=1S/C29H29N3O4S/c1-3-32(25-18-17-23-14-8-9-15-24(23)20-25)28(33)26(19-22-12-5-4-6-13-22)30-29(34)31-37(35,36)27-16-10-7-11-21(27)2/h4-18,20,26H,3,19H2,1-2H3,(H2,30,31,34). The Kier molecular flexibility index (Phi) is 7.89. The van der Waals surface area contributed by atoms with Crippen molar-refractivity contribution in [1.29, 1.82) is 0 Å². The number of urea groups is 1. The van der Waals surface area contributed by atoms with Crippen LogP contribution in [0.5, 0.6) is 0 Å². The molecule has 3 amide bonds. The van der Waals surface area contributed by atoms with Crippen molar-refractivity contribution in [2.45, 2.75) is 31.2 Å². The molecule has 0 bridgehead atoms. The monoisotopic (exact) mass is 515 g/mol. The van der Waals surface area contributed by atoms with Crippen LogP contribution in [-0.2, 0) is 21.2 Å². The molecular weight excluding hydrogens is 486 g/mol. The first-order valence-corrected chi connectivity index (χ1v) is 13.5. The molecule has 0 radical (unpaired) electrons. The third kappa shape index (κ3) is 6.16. The minimum atomic E-state index is -4.12. The molecule has 7 nitrogen and oxygen atoms in total. The highest BCUT2D eigenvalue weighted by Crippen LogP contribution is 2.23. The molecule has 1 atom stereocenters. The van der Waals surface area contributed by atoms with Crippen molar-refractivity contribution >= 4 is 38.4 Å². The van der Waals surface area contributed by atoms with Gasteiger partial charge in [0, 0.05) is 18.7 Å². The molecule has 0 aliphatic rings. The molecule has 0 aliphatic carbocycles. The highest BCUT2D eigenvalue weighted by atomic mass is 32.2. The van der Waals surface area contributed by atoms with E-state index in [-0.39, 0.29) is 17.2 Å². The Morgan fingerprint density at radius 3 is 2.19 bits per heavy atom. The molecule has 0 saturated carbocycles. The first-order chi connectivity index (χ1) is 17.8. The van der Waals surface area contributed by atoms with Crippen molar-refractivity contribution in [2.24, 2.45) is 0 Å². The second-order valence-electron chi connectivity index (χ2n) is 8.70. The molecule has 4 rings (SSSR count). The highest BCUT2D eigenvalue weighted by molar-refractivity contribution is 7.90. The maximum absolute atomic E-state index is 13.8. The van der Waals surface area contributed by atoms with E-state index in [0.29, 0.717) is 17.8 Å². The number of fused-ring (bicyclic) bond motifs is 1. The summed E-state index contributed by atoms with van der Waals surface area (Å²) in [7, 11) is -4.12. The van der Waals surface area contributed by atoms with Crippen LogP contribution < -0.4 is 14.9 Å². The number of rotatable bonds is 8. The van der Waals surface area contributed by atoms with Gasteiger partial charge in [0.25, 0.3) is 10.0 Å². The molecule has 0 heterocycles. The number of nitrogens with one attached hydrogen (secondary N) is 2. The van der Waals surface area contributed by atoms with Crippen LogP contribution in [0.1, 0.15) is 18.1 Å². The fraction of sp³-hybridized carbons (Fsp3) is 0.172. The summed E-state index contributed by atoms with van der Waals surface area (Å²) in [6.45, 7) is 3.87. The van der Waals surface area contributed by atoms with Crippen LogP contribution in [0.15, 0.2) is 102 Å². The summed E-state index contributed by atoms with van der Waals surface area (Å²) < 4.78 is 27.7. The predicted molar refractivity (Wildman–Crippen MR) is 146 cm³/mol. The van der Waals surface area contributed by atoms with Crippen molar-refractivity contribution in [2.75, 3.05) is 11.4 Å². The Balaban J connectivity index is 1.60. The summed E-state index contributed by atoms with van der Waals surface area (Å²) >= 11 is 0. The Labute approximate surface area is 217 Å². The highest BCUT2D eigenvalue weighted by Gasteiger charge is 2.28. The van der Waals surface area contributed by atoms with E-state index in [9.17, 15) is 18.0 Å². The molecule has 37 heavy (non-hydrogen) atoms. The van der Waals surface area contributed by atoms with Crippen molar-refractivity contribution < 1.29 is 18.0 Å². The number of sulfonamides is 1. The number of carbonyl (C=O) groups excluding carboxylic acids is 2. The lowest BCUT2D eigenvalue weighted by molar-refractivity contribution is -0.120. The third-order valence-electron chi connectivity index (χ3n) is 6.12. The zero-order valence-corrected chi connectivity index (χ0v) is 21.5. The summed E-state index contributed by atoms with van der Waals surface area (Å²) in [5.74, 6) is -0.343. The molecule has 0 aromatic heterocycles. The normalized spacial score (nSPS) is 12.1. The van der Waals surface area contributed by atoms with Crippen LogP contribution in [0.3, 0.4) is 0 Å². The van der Waals surface area contributed by atoms with Crippen LogP contribution in [0.2, 0.25) is 0 Å². The molecule has 1 unspecified atom stereocenters. The lowest BCUT2D eigenvalue weighted by Gasteiger charge is -2.27. The van der Waals surface area contributed by atoms with Gasteiger partial charge in [-0.15, -0.1) is 0 Å². The lowest BCUT2D eigenvalue weighted by atomic mass is 10.0. The van der Waals surface area contributed by atoms with Gasteiger partial charge in [0.05, 0.1) is 4.90 Å². The van der Waals surface area contributed by atoms with E-state index in [1.807, 2.05) is 79.7 Å². The zero-order chi connectivity index (χ0) is 26.4. The number of anilines is 1. The van der Waals surface area contributed by atoms with E-state index in [1.165, 1.54) is 6.07 Å². The molecule has 0 saturated heterocycles. The van der Waals surface area contributed by atoms with Crippen molar-refractivity contribution in [3.63, 3.8) is 0 Å². The van der Waals surface area contributed by atoms with Gasteiger partial charge >= 0.3 is 6.03 Å². The number of benzene rings is 4. The van der Waals surface area contributed by atoms with E-state index < -0.39 is 22.1 Å². The van der Waals surface area contributed by atoms with Gasteiger partial charge in [-0.25, -0.2) is 17.9 Å². The lowest BCUT2D eigenvalue weighted by Crippen LogP contribution is -2.53. The number of amides is 3. The molecule has 4 aromatic rings. The smallest absolute Gasteiger partial charge is 0.325 e. The average molecular weight is 516 g/mol. The maximum Gasteiger partial charge on any atom is 0.329 e. The molecule has 0 fully saturated rings. The summed E-state index contributed by atoms with van der Waals surface area (Å²) in [5, 5.41) is 4.65. The molecule has 2 N–H and O–H groups in total. The summed E-state index contributed by atoms with van der Waals surface area (Å²) in [6, 6.07) is 27.3. The van der Waals surface area contributed by atoms with E-state index in [1.54, 1.807) is 30.0 Å². The van der Waals surface area contributed by atoms with Gasteiger partial charge in [0.1, 0.15) is 6.04 Å². The third-order valence-corrected chi connectivity index (χ3v) is 7.61. The van der Waals surface area contributed by atoms with E-state index in [2.05, 4.69) is 10.0 Å². The van der Waals surface area contributed by atoms with Crippen LogP contribution in [0.4, 0.5) is 10.5 Å². The molecule has 0 aliphatic heterocycles. The minimum Gasteiger partial charge on any atom is -0.325 e. The van der Waals surface area contributed by atoms with Gasteiger partial charge in [-0.2, -0.15) is 0 Å². The molecule has 8 heteroatoms. The van der Waals surface area contributed by atoms with Gasteiger partial charge < -0.3 is 10.2 Å². The SMILES string of the molecule is CCN(C(=O)C(Cc1ccccc1)NC(=O)NS(=O)(=O)c1ccccc1C)c1ccc2ccccc2c1. The van der Waals surface area contributed by atoms with Gasteiger partial charge in [-0.3, -0.25) is 4.79 Å². The first kappa shape index (κ1) is 25.9. The van der Waals surface area contributed by atoms with Crippen LogP contribution in [0.25, 0.3) is 10.8 Å². The second-order valence-corrected chi connectivity index (χ2v) is 10.4. The largest absolute Gasteiger partial charge is 0.329 e. The quantitative estimate of drug-likeness (QED) is 0.352. The summed E-state index contributed by atoms with van der Waals surface area (Å²) in [5.41, 5.74) is 2.03. The van der Waals surface area contributed by atoms with Crippen LogP contribution in [0, 0.1) is 6.92 Å². The van der Waals surface area contributed by atoms with Crippen molar-refractivity contribution in [3.05, 3.63) is 108 Å². The number of hydrogen-bond acceptors (Lipinski definition) is 4. The average Bonchev–Trinajstić information content (AvgIpc) is 2.89. The second kappa shape index (κ2) is 11.3. The molecule has 190 valence electrons. The topological polar surface area (TPSA) is 95.6 Å². The minimum absolute atomic E-state index is 0.00225. The number of hydrogen-bond donors (Lipinski definition) is 2. The Hall–Kier alpha value is -4.17. The Morgan fingerprint density at radius 1 is 0.838 bits per heavy atom. The number of likely N-dealkylation sites (N-methyl/N-ethyl adjacent to an activating group) is 1. The number of carbonyl (C=O) groups is 2. The van der Waals surface area contributed by atoms with Crippen LogP contribution in [-0.4, -0.2) is 32.9 Å². The van der Waals surface area contributed by atoms with Gasteiger partial charge in [-0.1, -0.05) is 78.9 Å². The van der Waals surface area contributed by atoms with Gasteiger partial charge in [0.15, 0.2) is 0 Å². The molecule has 0 spiro atoms. The molecular formula is C29H29N3O4S. The summed E-state index contributed by atoms with van der Waals surface area (Å²) in [6.07, 6.45) is 0.196. The zero-order valence-electron chi connectivity index (χ0n) is 20.7. The molecule has 4 aromatic carbocycles. The van der Waals surface area contributed by atoms with E-state index in [0.717, 1.165) is 16.3 Å². The number of nitrogens with zero attached hydrogens (tertiary/aromatic N) is 1. The van der Waals surface area contributed by atoms with Crippen LogP contribution >= 0.6 is 0 Å².